The predicted octanol–water partition coefficient (Wildman–Crippen LogP) is 2.27. The number of carboxylic acid groups (broad SMARTS) is 1. The molecule has 0 radical (unpaired) electrons. The molecule has 2 heterocycles. The minimum absolute atomic E-state index is 0.0930. The minimum Gasteiger partial charge on any atom is -0.480 e. The van der Waals surface area contributed by atoms with E-state index in [1.807, 2.05) is 0 Å². The van der Waals surface area contributed by atoms with Crippen LogP contribution >= 0.6 is 0 Å². The third-order valence-corrected chi connectivity index (χ3v) is 3.36. The Bertz CT molecular complexity index is 751. The summed E-state index contributed by atoms with van der Waals surface area (Å²) in [6.07, 6.45) is 0. The maximum absolute atomic E-state index is 12.5. The van der Waals surface area contributed by atoms with Crippen LogP contribution in [0.3, 0.4) is 0 Å². The number of aromatic nitrogens is 1. The quantitative estimate of drug-likeness (QED) is 0.909. The average Bonchev–Trinajstić information content (AvgIpc) is 2.87. The Kier molecular flexibility index (Phi) is 4.68. The van der Waals surface area contributed by atoms with E-state index in [2.05, 4.69) is 4.98 Å². The number of aromatic carboxylic acids is 1. The van der Waals surface area contributed by atoms with Crippen LogP contribution < -0.4 is 4.74 Å². The molecule has 0 bridgehead atoms. The van der Waals surface area contributed by atoms with Crippen molar-refractivity contribution in [1.82, 2.24) is 9.88 Å². The second-order valence-electron chi connectivity index (χ2n) is 5.16. The van der Waals surface area contributed by atoms with Gasteiger partial charge in [0.15, 0.2) is 0 Å². The number of hydrogen-bond acceptors (Lipinski definition) is 5. The summed E-state index contributed by atoms with van der Waals surface area (Å²) in [6.45, 7) is 3.52. The Morgan fingerprint density at radius 3 is 2.57 bits per heavy atom. The highest BCUT2D eigenvalue weighted by molar-refractivity contribution is 5.96. The van der Waals surface area contributed by atoms with E-state index in [-0.39, 0.29) is 23.9 Å². The lowest BCUT2D eigenvalue weighted by Gasteiger charge is -2.17. The van der Waals surface area contributed by atoms with Crippen LogP contribution in [0.4, 0.5) is 0 Å². The summed E-state index contributed by atoms with van der Waals surface area (Å²) in [4.78, 5) is 29.1. The van der Waals surface area contributed by atoms with Crippen molar-refractivity contribution in [3.63, 3.8) is 0 Å². The molecule has 122 valence electrons. The van der Waals surface area contributed by atoms with Crippen LogP contribution in [0.1, 0.15) is 37.9 Å². The molecule has 0 aliphatic carbocycles. The summed E-state index contributed by atoms with van der Waals surface area (Å²) in [7, 11) is 3.05. The maximum atomic E-state index is 12.5. The average molecular weight is 318 g/mol. The first-order valence-corrected chi connectivity index (χ1v) is 6.93. The molecule has 0 fully saturated rings. The number of carbonyl (C=O) groups is 2. The smallest absolute Gasteiger partial charge is 0.339 e. The molecule has 0 saturated carbocycles. The number of carbonyl (C=O) groups excluding carboxylic acids is 1. The molecule has 0 aliphatic rings. The van der Waals surface area contributed by atoms with Gasteiger partial charge in [-0.25, -0.2) is 9.78 Å². The van der Waals surface area contributed by atoms with E-state index in [0.29, 0.717) is 17.1 Å². The highest BCUT2D eigenvalue weighted by atomic mass is 16.5. The van der Waals surface area contributed by atoms with Crippen molar-refractivity contribution >= 4 is 11.9 Å². The summed E-state index contributed by atoms with van der Waals surface area (Å²) in [6, 6.07) is 4.80. The second-order valence-corrected chi connectivity index (χ2v) is 5.16. The number of rotatable bonds is 5. The molecular weight excluding hydrogens is 300 g/mol. The van der Waals surface area contributed by atoms with Crippen LogP contribution in [-0.4, -0.2) is 41.0 Å². The van der Waals surface area contributed by atoms with Gasteiger partial charge >= 0.3 is 5.97 Å². The first-order valence-electron chi connectivity index (χ1n) is 6.93. The topological polar surface area (TPSA) is 92.9 Å². The summed E-state index contributed by atoms with van der Waals surface area (Å²) in [5.41, 5.74) is 1.17. The van der Waals surface area contributed by atoms with E-state index >= 15 is 0 Å². The molecule has 1 N–H and O–H groups in total. The molecule has 7 nitrogen and oxygen atoms in total. The molecule has 23 heavy (non-hydrogen) atoms. The van der Waals surface area contributed by atoms with E-state index < -0.39 is 5.97 Å². The Morgan fingerprint density at radius 2 is 2.00 bits per heavy atom. The Balaban J connectivity index is 2.20. The lowest BCUT2D eigenvalue weighted by molar-refractivity contribution is 0.0694. The maximum Gasteiger partial charge on any atom is 0.339 e. The zero-order valence-electron chi connectivity index (χ0n) is 13.4. The van der Waals surface area contributed by atoms with Crippen LogP contribution in [0.5, 0.6) is 5.88 Å². The van der Waals surface area contributed by atoms with E-state index in [9.17, 15) is 9.59 Å². The summed E-state index contributed by atoms with van der Waals surface area (Å²) in [5, 5.41) is 9.03. The third kappa shape index (κ3) is 3.50. The van der Waals surface area contributed by atoms with Gasteiger partial charge in [-0.15, -0.1) is 0 Å². The lowest BCUT2D eigenvalue weighted by Crippen LogP contribution is -2.26. The van der Waals surface area contributed by atoms with Gasteiger partial charge in [0.25, 0.3) is 5.91 Å². The molecule has 7 heteroatoms. The Labute approximate surface area is 133 Å². The second kappa shape index (κ2) is 6.51. The minimum atomic E-state index is -1.06. The van der Waals surface area contributed by atoms with Gasteiger partial charge in [-0.3, -0.25) is 4.79 Å². The van der Waals surface area contributed by atoms with Crippen LogP contribution in [0.25, 0.3) is 0 Å². The fraction of sp³-hybridized carbons (Fsp3) is 0.312. The van der Waals surface area contributed by atoms with E-state index in [0.717, 1.165) is 5.69 Å². The highest BCUT2D eigenvalue weighted by Gasteiger charge is 2.20. The molecule has 0 atom stereocenters. The lowest BCUT2D eigenvalue weighted by atomic mass is 10.2. The van der Waals surface area contributed by atoms with Crippen molar-refractivity contribution < 1.29 is 23.8 Å². The van der Waals surface area contributed by atoms with Gasteiger partial charge in [0, 0.05) is 12.7 Å². The first kappa shape index (κ1) is 16.5. The van der Waals surface area contributed by atoms with E-state index in [1.165, 1.54) is 18.1 Å². The van der Waals surface area contributed by atoms with Crippen LogP contribution in [0.15, 0.2) is 22.6 Å². The molecule has 2 rings (SSSR count). The zero-order chi connectivity index (χ0) is 17.1. The number of ether oxygens (including phenoxy) is 1. The van der Waals surface area contributed by atoms with Crippen molar-refractivity contribution in [2.24, 2.45) is 0 Å². The molecule has 0 spiro atoms. The third-order valence-electron chi connectivity index (χ3n) is 3.36. The number of amides is 1. The number of nitrogens with zero attached hydrogens (tertiary/aromatic N) is 2. The van der Waals surface area contributed by atoms with Gasteiger partial charge in [-0.05, 0) is 32.0 Å². The monoisotopic (exact) mass is 318 g/mol. The summed E-state index contributed by atoms with van der Waals surface area (Å²) < 4.78 is 10.5. The number of aryl methyl sites for hydroxylation is 2. The molecule has 0 aromatic carbocycles. The van der Waals surface area contributed by atoms with Crippen LogP contribution in [-0.2, 0) is 6.54 Å². The zero-order valence-corrected chi connectivity index (χ0v) is 13.4. The molecule has 2 aromatic rings. The Morgan fingerprint density at radius 1 is 1.30 bits per heavy atom. The van der Waals surface area contributed by atoms with Crippen LogP contribution in [0.2, 0.25) is 0 Å². The number of carboxylic acids is 1. The van der Waals surface area contributed by atoms with Gasteiger partial charge < -0.3 is 19.2 Å². The van der Waals surface area contributed by atoms with Crippen molar-refractivity contribution in [2.75, 3.05) is 14.2 Å². The normalized spacial score (nSPS) is 10.4. The highest BCUT2D eigenvalue weighted by Crippen LogP contribution is 2.20. The number of pyridine rings is 1. The fourth-order valence-corrected chi connectivity index (χ4v) is 2.20. The van der Waals surface area contributed by atoms with Gasteiger partial charge in [-0.1, -0.05) is 0 Å². The first-order chi connectivity index (χ1) is 10.8. The van der Waals surface area contributed by atoms with Gasteiger partial charge in [0.05, 0.1) is 13.7 Å². The largest absolute Gasteiger partial charge is 0.480 e. The Hall–Kier alpha value is -2.83. The van der Waals surface area contributed by atoms with E-state index in [1.54, 1.807) is 33.0 Å². The standard InChI is InChI=1S/C16H18N2O5/c1-9-5-6-12(14(17-9)22-4)15(19)18(3)8-11-7-13(16(20)21)10(2)23-11/h5-7H,8H2,1-4H3,(H,20,21). The summed E-state index contributed by atoms with van der Waals surface area (Å²) >= 11 is 0. The number of hydrogen-bond donors (Lipinski definition) is 1. The predicted molar refractivity (Wildman–Crippen MR) is 81.7 cm³/mol. The SMILES string of the molecule is COc1nc(C)ccc1C(=O)N(C)Cc1cc(C(=O)O)c(C)o1. The van der Waals surface area contributed by atoms with Crippen molar-refractivity contribution in [2.45, 2.75) is 20.4 Å². The molecular formula is C16H18N2O5. The van der Waals surface area contributed by atoms with E-state index in [4.69, 9.17) is 14.3 Å². The summed E-state index contributed by atoms with van der Waals surface area (Å²) in [5.74, 6) is -0.391. The fourth-order valence-electron chi connectivity index (χ4n) is 2.20. The number of furan rings is 1. The molecule has 0 aliphatic heterocycles. The van der Waals surface area contributed by atoms with Gasteiger partial charge in [0.1, 0.15) is 22.6 Å². The van der Waals surface area contributed by atoms with Crippen molar-refractivity contribution in [3.8, 4) is 5.88 Å². The molecule has 0 unspecified atom stereocenters. The van der Waals surface area contributed by atoms with Crippen LogP contribution in [0, 0.1) is 13.8 Å². The molecule has 0 saturated heterocycles. The van der Waals surface area contributed by atoms with Gasteiger partial charge in [0.2, 0.25) is 5.88 Å². The van der Waals surface area contributed by atoms with Crippen molar-refractivity contribution in [3.05, 3.63) is 46.5 Å². The number of methoxy groups -OCH3 is 1. The van der Waals surface area contributed by atoms with Gasteiger partial charge in [-0.2, -0.15) is 0 Å². The van der Waals surface area contributed by atoms with Crippen molar-refractivity contribution in [1.29, 1.82) is 0 Å². The molecule has 2 aromatic heterocycles. The molecule has 1 amide bonds.